The smallest absolute Gasteiger partial charge is 0.410 e. The summed E-state index contributed by atoms with van der Waals surface area (Å²) in [4.78, 5) is 23.4. The summed E-state index contributed by atoms with van der Waals surface area (Å²) in [6.45, 7) is 8.97. The summed E-state index contributed by atoms with van der Waals surface area (Å²) in [5, 5.41) is 0. The third kappa shape index (κ3) is 3.83. The van der Waals surface area contributed by atoms with Crippen molar-refractivity contribution in [2.75, 3.05) is 13.1 Å². The van der Waals surface area contributed by atoms with E-state index in [2.05, 4.69) is 10.5 Å². The molecule has 1 amide bonds. The molecule has 6 nitrogen and oxygen atoms in total. The molecule has 6 heteroatoms. The summed E-state index contributed by atoms with van der Waals surface area (Å²) in [7, 11) is 0. The first-order chi connectivity index (χ1) is 8.85. The molecule has 0 bridgehead atoms. The SMILES string of the molecule is CC1N=C(C2CCN(C(=O)OC(C)(C)C)CC2)ON1. The number of piperidine rings is 1. The van der Waals surface area contributed by atoms with Gasteiger partial charge in [0.2, 0.25) is 5.90 Å². The third-order valence-electron chi connectivity index (χ3n) is 3.15. The number of aliphatic imine (C=N–C) groups is 1. The molecule has 0 radical (unpaired) electrons. The van der Waals surface area contributed by atoms with Gasteiger partial charge in [-0.15, -0.1) is 5.48 Å². The van der Waals surface area contributed by atoms with Crippen LogP contribution >= 0.6 is 0 Å². The molecule has 0 aliphatic carbocycles. The van der Waals surface area contributed by atoms with Crippen LogP contribution in [-0.4, -0.2) is 41.7 Å². The van der Waals surface area contributed by atoms with Gasteiger partial charge in [-0.25, -0.2) is 9.79 Å². The van der Waals surface area contributed by atoms with E-state index in [9.17, 15) is 4.79 Å². The minimum atomic E-state index is -0.439. The number of hydroxylamine groups is 1. The average molecular weight is 269 g/mol. The van der Waals surface area contributed by atoms with Gasteiger partial charge in [0.25, 0.3) is 0 Å². The molecular weight excluding hydrogens is 246 g/mol. The van der Waals surface area contributed by atoms with Gasteiger partial charge in [0, 0.05) is 19.0 Å². The van der Waals surface area contributed by atoms with E-state index in [1.165, 1.54) is 0 Å². The molecule has 2 rings (SSSR count). The van der Waals surface area contributed by atoms with Crippen molar-refractivity contribution < 1.29 is 14.4 Å². The first-order valence-electron chi connectivity index (χ1n) is 6.83. The van der Waals surface area contributed by atoms with Gasteiger partial charge in [-0.1, -0.05) is 0 Å². The lowest BCUT2D eigenvalue weighted by molar-refractivity contribution is 0.0194. The zero-order chi connectivity index (χ0) is 14.0. The molecule has 0 aromatic carbocycles. The number of hydrogen-bond donors (Lipinski definition) is 1. The lowest BCUT2D eigenvalue weighted by Crippen LogP contribution is -2.43. The van der Waals surface area contributed by atoms with Crippen molar-refractivity contribution in [1.29, 1.82) is 0 Å². The van der Waals surface area contributed by atoms with Crippen LogP contribution in [0.25, 0.3) is 0 Å². The van der Waals surface area contributed by atoms with Crippen LogP contribution in [0.3, 0.4) is 0 Å². The summed E-state index contributed by atoms with van der Waals surface area (Å²) in [5.74, 6) is 1.08. The monoisotopic (exact) mass is 269 g/mol. The molecule has 0 spiro atoms. The molecule has 108 valence electrons. The number of carbonyl (C=O) groups is 1. The van der Waals surface area contributed by atoms with Crippen molar-refractivity contribution in [2.24, 2.45) is 10.9 Å². The van der Waals surface area contributed by atoms with E-state index in [1.54, 1.807) is 4.90 Å². The Morgan fingerprint density at radius 3 is 2.53 bits per heavy atom. The number of amides is 1. The van der Waals surface area contributed by atoms with E-state index in [1.807, 2.05) is 27.7 Å². The zero-order valence-electron chi connectivity index (χ0n) is 12.1. The van der Waals surface area contributed by atoms with Crippen molar-refractivity contribution in [1.82, 2.24) is 10.4 Å². The van der Waals surface area contributed by atoms with Gasteiger partial charge in [-0.05, 0) is 40.5 Å². The Morgan fingerprint density at radius 2 is 2.05 bits per heavy atom. The van der Waals surface area contributed by atoms with Crippen LogP contribution in [0.5, 0.6) is 0 Å². The predicted octanol–water partition coefficient (Wildman–Crippen LogP) is 1.91. The van der Waals surface area contributed by atoms with E-state index in [0.717, 1.165) is 18.7 Å². The van der Waals surface area contributed by atoms with Gasteiger partial charge in [0.1, 0.15) is 11.8 Å². The number of carbonyl (C=O) groups excluding carboxylic acids is 1. The highest BCUT2D eigenvalue weighted by Gasteiger charge is 2.31. The van der Waals surface area contributed by atoms with Crippen molar-refractivity contribution in [3.05, 3.63) is 0 Å². The molecule has 0 saturated carbocycles. The van der Waals surface area contributed by atoms with Crippen molar-refractivity contribution >= 4 is 12.0 Å². The number of nitrogens with zero attached hydrogens (tertiary/aromatic N) is 2. The molecule has 1 atom stereocenters. The fraction of sp³-hybridized carbons (Fsp3) is 0.846. The van der Waals surface area contributed by atoms with Gasteiger partial charge >= 0.3 is 6.09 Å². The van der Waals surface area contributed by atoms with Crippen molar-refractivity contribution in [3.63, 3.8) is 0 Å². The number of hydrogen-bond acceptors (Lipinski definition) is 5. The first-order valence-corrected chi connectivity index (χ1v) is 6.83. The fourth-order valence-electron chi connectivity index (χ4n) is 2.21. The van der Waals surface area contributed by atoms with Gasteiger partial charge < -0.3 is 14.5 Å². The Hall–Kier alpha value is -1.30. The van der Waals surface area contributed by atoms with Crippen LogP contribution in [0.4, 0.5) is 4.79 Å². The highest BCUT2D eigenvalue weighted by molar-refractivity contribution is 5.80. The third-order valence-corrected chi connectivity index (χ3v) is 3.15. The van der Waals surface area contributed by atoms with E-state index in [0.29, 0.717) is 19.0 Å². The summed E-state index contributed by atoms with van der Waals surface area (Å²) in [6, 6.07) is 0. The lowest BCUT2D eigenvalue weighted by atomic mass is 9.97. The zero-order valence-corrected chi connectivity index (χ0v) is 12.1. The number of likely N-dealkylation sites (tertiary alicyclic amines) is 1. The van der Waals surface area contributed by atoms with Crippen molar-refractivity contribution in [3.8, 4) is 0 Å². The Balaban J connectivity index is 1.82. The molecule has 1 saturated heterocycles. The van der Waals surface area contributed by atoms with Crippen LogP contribution < -0.4 is 5.48 Å². The normalized spacial score (nSPS) is 24.9. The summed E-state index contributed by atoms with van der Waals surface area (Å²) >= 11 is 0. The quantitative estimate of drug-likeness (QED) is 0.790. The second-order valence-corrected chi connectivity index (χ2v) is 6.10. The lowest BCUT2D eigenvalue weighted by Gasteiger charge is -2.32. The molecule has 2 aliphatic rings. The summed E-state index contributed by atoms with van der Waals surface area (Å²) < 4.78 is 5.37. The molecule has 1 unspecified atom stereocenters. The van der Waals surface area contributed by atoms with E-state index in [4.69, 9.17) is 9.57 Å². The van der Waals surface area contributed by atoms with Gasteiger partial charge in [0.15, 0.2) is 0 Å². The minimum absolute atomic E-state index is 0.0267. The fourth-order valence-corrected chi connectivity index (χ4v) is 2.21. The van der Waals surface area contributed by atoms with Gasteiger partial charge in [0.05, 0.1) is 0 Å². The average Bonchev–Trinajstić information content (AvgIpc) is 2.74. The Labute approximate surface area is 114 Å². The predicted molar refractivity (Wildman–Crippen MR) is 71.6 cm³/mol. The first kappa shape index (κ1) is 14.1. The highest BCUT2D eigenvalue weighted by Crippen LogP contribution is 2.22. The van der Waals surface area contributed by atoms with Crippen LogP contribution in [0.15, 0.2) is 4.99 Å². The maximum Gasteiger partial charge on any atom is 0.410 e. The van der Waals surface area contributed by atoms with Crippen LogP contribution in [0, 0.1) is 5.92 Å². The van der Waals surface area contributed by atoms with Crippen LogP contribution in [0.1, 0.15) is 40.5 Å². The maximum atomic E-state index is 11.9. The molecule has 1 N–H and O–H groups in total. The topological polar surface area (TPSA) is 63.2 Å². The molecular formula is C13H23N3O3. The Morgan fingerprint density at radius 1 is 1.42 bits per heavy atom. The largest absolute Gasteiger partial charge is 0.444 e. The van der Waals surface area contributed by atoms with Gasteiger partial charge in [-0.3, -0.25) is 0 Å². The molecule has 0 aromatic heterocycles. The maximum absolute atomic E-state index is 11.9. The highest BCUT2D eigenvalue weighted by atomic mass is 16.7. The summed E-state index contributed by atoms with van der Waals surface area (Å²) in [5.41, 5.74) is 2.38. The standard InChI is InChI=1S/C13H23N3O3/c1-9-14-11(19-15-9)10-5-7-16(8-6-10)12(17)18-13(2,3)4/h9-10,15H,5-8H2,1-4H3. The molecule has 1 fully saturated rings. The Kier molecular flexibility index (Phi) is 3.99. The number of nitrogens with one attached hydrogen (secondary N) is 1. The number of ether oxygens (including phenoxy) is 1. The molecule has 2 aliphatic heterocycles. The van der Waals surface area contributed by atoms with Crippen LogP contribution in [0.2, 0.25) is 0 Å². The molecule has 0 aromatic rings. The van der Waals surface area contributed by atoms with Crippen molar-refractivity contribution in [2.45, 2.75) is 52.3 Å². The van der Waals surface area contributed by atoms with E-state index in [-0.39, 0.29) is 12.3 Å². The Bertz CT molecular complexity index is 368. The second kappa shape index (κ2) is 5.36. The molecule has 2 heterocycles. The van der Waals surface area contributed by atoms with Gasteiger partial charge in [-0.2, -0.15) is 0 Å². The number of rotatable bonds is 1. The van der Waals surface area contributed by atoms with E-state index >= 15 is 0 Å². The second-order valence-electron chi connectivity index (χ2n) is 6.10. The molecule has 19 heavy (non-hydrogen) atoms. The summed E-state index contributed by atoms with van der Waals surface area (Å²) in [6.07, 6.45) is 1.53. The minimum Gasteiger partial charge on any atom is -0.444 e. The van der Waals surface area contributed by atoms with Crippen LogP contribution in [-0.2, 0) is 9.57 Å². The van der Waals surface area contributed by atoms with E-state index < -0.39 is 5.60 Å².